The summed E-state index contributed by atoms with van der Waals surface area (Å²) in [5.74, 6) is -0.458. The maximum absolute atomic E-state index is 12.8. The number of hydrogen-bond donors (Lipinski definition) is 1. The van der Waals surface area contributed by atoms with Crippen LogP contribution in [0.2, 0.25) is 0 Å². The van der Waals surface area contributed by atoms with Gasteiger partial charge in [-0.1, -0.05) is 34.1 Å². The lowest BCUT2D eigenvalue weighted by Crippen LogP contribution is -2.21. The predicted molar refractivity (Wildman–Crippen MR) is 114 cm³/mol. The zero-order valence-corrected chi connectivity index (χ0v) is 16.9. The van der Waals surface area contributed by atoms with Crippen LogP contribution >= 0.6 is 15.9 Å². The summed E-state index contributed by atoms with van der Waals surface area (Å²) in [6.45, 7) is 1.76. The smallest absolute Gasteiger partial charge is 0.336 e. The van der Waals surface area contributed by atoms with Crippen molar-refractivity contribution in [1.29, 1.82) is 0 Å². The van der Waals surface area contributed by atoms with Gasteiger partial charge in [-0.15, -0.1) is 0 Å². The number of benzene rings is 2. The van der Waals surface area contributed by atoms with E-state index >= 15 is 0 Å². The van der Waals surface area contributed by atoms with Gasteiger partial charge in [-0.25, -0.2) is 4.79 Å². The van der Waals surface area contributed by atoms with Crippen molar-refractivity contribution in [3.8, 4) is 11.3 Å². The first kappa shape index (κ1) is 18.9. The molecule has 0 aliphatic carbocycles. The average Bonchev–Trinajstić information content (AvgIpc) is 3.28. The molecule has 6 nitrogen and oxygen atoms in total. The Kier molecular flexibility index (Phi) is 4.90. The second-order valence-corrected chi connectivity index (χ2v) is 7.31. The van der Waals surface area contributed by atoms with E-state index in [2.05, 4.69) is 21.0 Å². The first-order valence-electron chi connectivity index (χ1n) is 8.74. The Hall–Kier alpha value is -3.45. The molecule has 0 saturated carbocycles. The van der Waals surface area contributed by atoms with Crippen molar-refractivity contribution in [2.75, 3.05) is 5.01 Å². The van der Waals surface area contributed by atoms with E-state index in [9.17, 15) is 14.7 Å². The third-order valence-corrected chi connectivity index (χ3v) is 4.95. The molecule has 1 aliphatic heterocycles. The van der Waals surface area contributed by atoms with Crippen LogP contribution in [-0.2, 0) is 4.79 Å². The molecule has 3 aromatic rings. The molecule has 0 saturated heterocycles. The fraction of sp³-hybridized carbons (Fsp3) is 0.0455. The first-order valence-corrected chi connectivity index (χ1v) is 9.53. The molecule has 0 radical (unpaired) electrons. The summed E-state index contributed by atoms with van der Waals surface area (Å²) in [7, 11) is 0. The molecule has 7 heteroatoms. The van der Waals surface area contributed by atoms with Gasteiger partial charge < -0.3 is 9.52 Å². The molecule has 0 spiro atoms. The van der Waals surface area contributed by atoms with Crippen LogP contribution in [0.4, 0.5) is 5.69 Å². The van der Waals surface area contributed by atoms with Gasteiger partial charge in [-0.2, -0.15) is 10.1 Å². The molecular weight excluding hydrogens is 436 g/mol. The number of aromatic carboxylic acids is 1. The van der Waals surface area contributed by atoms with Crippen LogP contribution in [-0.4, -0.2) is 22.7 Å². The zero-order chi connectivity index (χ0) is 20.5. The fourth-order valence-electron chi connectivity index (χ4n) is 3.05. The minimum Gasteiger partial charge on any atom is -0.478 e. The lowest BCUT2D eigenvalue weighted by Gasteiger charge is -2.10. The van der Waals surface area contributed by atoms with E-state index in [1.807, 2.05) is 30.3 Å². The van der Waals surface area contributed by atoms with Gasteiger partial charge in [0, 0.05) is 10.0 Å². The number of amides is 1. The fourth-order valence-corrected chi connectivity index (χ4v) is 3.42. The Balaban J connectivity index is 1.66. The van der Waals surface area contributed by atoms with E-state index in [1.165, 1.54) is 11.1 Å². The molecule has 0 unspecified atom stereocenters. The topological polar surface area (TPSA) is 83.1 Å². The second-order valence-electron chi connectivity index (χ2n) is 6.39. The molecular formula is C22H15BrN2O4. The van der Waals surface area contributed by atoms with Gasteiger partial charge in [-0.3, -0.25) is 4.79 Å². The Morgan fingerprint density at radius 1 is 1.14 bits per heavy atom. The maximum Gasteiger partial charge on any atom is 0.336 e. The SMILES string of the molecule is CC1=NN(c2ccccc2)C(=O)/C1=C\c1ccc(-c2ccc(Br)cc2C(=O)O)o1. The second kappa shape index (κ2) is 7.52. The molecule has 0 bridgehead atoms. The summed E-state index contributed by atoms with van der Waals surface area (Å²) in [6.07, 6.45) is 1.62. The molecule has 1 aliphatic rings. The van der Waals surface area contributed by atoms with Crippen molar-refractivity contribution < 1.29 is 19.1 Å². The highest BCUT2D eigenvalue weighted by molar-refractivity contribution is 9.10. The van der Waals surface area contributed by atoms with E-state index in [4.69, 9.17) is 4.42 Å². The van der Waals surface area contributed by atoms with Gasteiger partial charge in [0.15, 0.2) is 0 Å². The molecule has 4 rings (SSSR count). The van der Waals surface area contributed by atoms with Gasteiger partial charge in [-0.05, 0) is 55.5 Å². The summed E-state index contributed by atoms with van der Waals surface area (Å²) < 4.78 is 6.48. The van der Waals surface area contributed by atoms with Crippen LogP contribution in [0.15, 0.2) is 80.2 Å². The van der Waals surface area contributed by atoms with Crippen molar-refractivity contribution in [3.05, 3.63) is 82.0 Å². The summed E-state index contributed by atoms with van der Waals surface area (Å²) >= 11 is 3.28. The average molecular weight is 451 g/mol. The molecule has 144 valence electrons. The third-order valence-electron chi connectivity index (χ3n) is 4.45. The predicted octanol–water partition coefficient (Wildman–Crippen LogP) is 5.21. The number of nitrogens with zero attached hydrogens (tertiary/aromatic N) is 2. The van der Waals surface area contributed by atoms with E-state index < -0.39 is 5.97 Å². The Morgan fingerprint density at radius 2 is 1.90 bits per heavy atom. The van der Waals surface area contributed by atoms with Gasteiger partial charge in [0.25, 0.3) is 5.91 Å². The number of furan rings is 1. The maximum atomic E-state index is 12.8. The number of rotatable bonds is 4. The summed E-state index contributed by atoms with van der Waals surface area (Å²) in [5, 5.41) is 15.1. The molecule has 29 heavy (non-hydrogen) atoms. The quantitative estimate of drug-likeness (QED) is 0.552. The highest BCUT2D eigenvalue weighted by Gasteiger charge is 2.29. The van der Waals surface area contributed by atoms with E-state index in [1.54, 1.807) is 37.3 Å². The van der Waals surface area contributed by atoms with Crippen molar-refractivity contribution in [2.45, 2.75) is 6.92 Å². The van der Waals surface area contributed by atoms with Gasteiger partial charge in [0.05, 0.1) is 22.5 Å². The number of carboxylic acids is 1. The lowest BCUT2D eigenvalue weighted by molar-refractivity contribution is -0.114. The highest BCUT2D eigenvalue weighted by atomic mass is 79.9. The number of halogens is 1. The minimum absolute atomic E-state index is 0.123. The first-order chi connectivity index (χ1) is 13.9. The van der Waals surface area contributed by atoms with Gasteiger partial charge in [0.1, 0.15) is 11.5 Å². The monoisotopic (exact) mass is 450 g/mol. The van der Waals surface area contributed by atoms with Crippen molar-refractivity contribution in [1.82, 2.24) is 0 Å². The summed E-state index contributed by atoms with van der Waals surface area (Å²) in [5.41, 5.74) is 2.26. The van der Waals surface area contributed by atoms with E-state index in [0.29, 0.717) is 38.5 Å². The Bertz CT molecular complexity index is 1180. The zero-order valence-electron chi connectivity index (χ0n) is 15.3. The van der Waals surface area contributed by atoms with Gasteiger partial charge >= 0.3 is 5.97 Å². The van der Waals surface area contributed by atoms with Crippen LogP contribution in [0.3, 0.4) is 0 Å². The highest BCUT2D eigenvalue weighted by Crippen LogP contribution is 2.30. The third kappa shape index (κ3) is 3.64. The standard InChI is InChI=1S/C22H15BrN2O4/c1-13-18(21(26)25(24-13)15-5-3-2-4-6-15)12-16-8-10-20(29-16)17-9-7-14(23)11-19(17)22(27)28/h2-12H,1H3,(H,27,28)/b18-12-. The summed E-state index contributed by atoms with van der Waals surface area (Å²) in [6, 6.07) is 17.5. The summed E-state index contributed by atoms with van der Waals surface area (Å²) in [4.78, 5) is 24.3. The number of hydrazone groups is 1. The Labute approximate surface area is 174 Å². The number of anilines is 1. The lowest BCUT2D eigenvalue weighted by atomic mass is 10.1. The number of hydrogen-bond acceptors (Lipinski definition) is 4. The Morgan fingerprint density at radius 3 is 2.62 bits per heavy atom. The van der Waals surface area contributed by atoms with Gasteiger partial charge in [0.2, 0.25) is 0 Å². The van der Waals surface area contributed by atoms with Crippen LogP contribution in [0, 0.1) is 0 Å². The van der Waals surface area contributed by atoms with E-state index in [0.717, 1.165) is 0 Å². The normalized spacial score (nSPS) is 15.1. The molecule has 1 aromatic heterocycles. The number of carbonyl (C=O) groups is 2. The minimum atomic E-state index is -1.05. The number of carbonyl (C=O) groups excluding carboxylic acids is 1. The number of para-hydroxylation sites is 1. The molecule has 0 atom stereocenters. The molecule has 2 heterocycles. The number of carboxylic acid groups (broad SMARTS) is 1. The molecule has 0 fully saturated rings. The van der Waals surface area contributed by atoms with Crippen LogP contribution in [0.25, 0.3) is 17.4 Å². The van der Waals surface area contributed by atoms with Crippen molar-refractivity contribution in [3.63, 3.8) is 0 Å². The van der Waals surface area contributed by atoms with Crippen molar-refractivity contribution in [2.24, 2.45) is 5.10 Å². The molecule has 1 N–H and O–H groups in total. The molecule has 2 aromatic carbocycles. The van der Waals surface area contributed by atoms with E-state index in [-0.39, 0.29) is 11.5 Å². The van der Waals surface area contributed by atoms with Crippen LogP contribution in [0.5, 0.6) is 0 Å². The molecule has 1 amide bonds. The van der Waals surface area contributed by atoms with Crippen LogP contribution in [0.1, 0.15) is 23.0 Å². The van der Waals surface area contributed by atoms with Crippen LogP contribution < -0.4 is 5.01 Å². The largest absolute Gasteiger partial charge is 0.478 e. The van der Waals surface area contributed by atoms with Crippen molar-refractivity contribution >= 4 is 45.3 Å².